The Balaban J connectivity index is 2.14. The van der Waals surface area contributed by atoms with Gasteiger partial charge >= 0.3 is 12.0 Å². The molecule has 3 amide bonds. The van der Waals surface area contributed by atoms with Crippen molar-refractivity contribution in [3.63, 3.8) is 0 Å². The molecule has 0 aliphatic carbocycles. The van der Waals surface area contributed by atoms with Gasteiger partial charge in [-0.1, -0.05) is 17.7 Å². The van der Waals surface area contributed by atoms with Crippen LogP contribution in [0.2, 0.25) is 5.02 Å². The minimum atomic E-state index is -1.22. The molecule has 1 aromatic rings. The predicted molar refractivity (Wildman–Crippen MR) is 92.1 cm³/mol. The molecular formula is C16H18ClN3O5. The predicted octanol–water partition coefficient (Wildman–Crippen LogP) is 1.26. The number of carboxylic acids is 1. The SMILES string of the molecule is C=CCOCC(NC(=O)c1ccc(Cl)c(N2CCNC2=O)c1)C(=O)O. The number of nitrogens with one attached hydrogen (secondary N) is 2. The topological polar surface area (TPSA) is 108 Å². The van der Waals surface area contributed by atoms with Gasteiger partial charge in [0.1, 0.15) is 0 Å². The van der Waals surface area contributed by atoms with Crippen molar-refractivity contribution in [2.45, 2.75) is 6.04 Å². The Hall–Kier alpha value is -2.58. The van der Waals surface area contributed by atoms with Crippen LogP contribution >= 0.6 is 11.6 Å². The number of anilines is 1. The number of ether oxygens (including phenoxy) is 1. The third-order valence-corrected chi connectivity index (χ3v) is 3.80. The summed E-state index contributed by atoms with van der Waals surface area (Å²) < 4.78 is 5.09. The first kappa shape index (κ1) is 18.8. The number of nitrogens with zero attached hydrogens (tertiary/aromatic N) is 1. The largest absolute Gasteiger partial charge is 0.480 e. The average molecular weight is 368 g/mol. The monoisotopic (exact) mass is 367 g/mol. The van der Waals surface area contributed by atoms with E-state index < -0.39 is 17.9 Å². The first-order chi connectivity index (χ1) is 11.9. The number of aliphatic carboxylic acids is 1. The second-order valence-corrected chi connectivity index (χ2v) is 5.65. The summed E-state index contributed by atoms with van der Waals surface area (Å²) in [6, 6.07) is 2.88. The van der Waals surface area contributed by atoms with Crippen molar-refractivity contribution in [3.05, 3.63) is 41.4 Å². The standard InChI is InChI=1S/C16H18ClN3O5/c1-2-7-25-9-12(15(22)23)19-14(21)10-3-4-11(17)13(8-10)20-6-5-18-16(20)24/h2-4,8,12H,1,5-7,9H2,(H,18,24)(H,19,21)(H,22,23). The zero-order chi connectivity index (χ0) is 18.4. The van der Waals surface area contributed by atoms with Gasteiger partial charge in [-0.05, 0) is 18.2 Å². The molecule has 0 radical (unpaired) electrons. The molecule has 1 aliphatic heterocycles. The van der Waals surface area contributed by atoms with Crippen LogP contribution in [0.15, 0.2) is 30.9 Å². The highest BCUT2D eigenvalue weighted by atomic mass is 35.5. The van der Waals surface area contributed by atoms with Crippen LogP contribution in [0.3, 0.4) is 0 Å². The van der Waals surface area contributed by atoms with Crippen molar-refractivity contribution in [2.24, 2.45) is 0 Å². The molecule has 1 heterocycles. The fourth-order valence-corrected chi connectivity index (χ4v) is 2.47. The Morgan fingerprint density at radius 1 is 1.52 bits per heavy atom. The number of benzene rings is 1. The molecule has 0 saturated carbocycles. The van der Waals surface area contributed by atoms with E-state index in [2.05, 4.69) is 17.2 Å². The van der Waals surface area contributed by atoms with Crippen LogP contribution in [-0.2, 0) is 9.53 Å². The number of amides is 3. The Kier molecular flexibility index (Phi) is 6.37. The van der Waals surface area contributed by atoms with Crippen molar-refractivity contribution in [2.75, 3.05) is 31.2 Å². The van der Waals surface area contributed by atoms with Crippen molar-refractivity contribution in [1.82, 2.24) is 10.6 Å². The Morgan fingerprint density at radius 2 is 2.28 bits per heavy atom. The van der Waals surface area contributed by atoms with Gasteiger partial charge < -0.3 is 20.5 Å². The van der Waals surface area contributed by atoms with Gasteiger partial charge in [0, 0.05) is 18.7 Å². The number of hydrogen-bond acceptors (Lipinski definition) is 4. The minimum absolute atomic E-state index is 0.175. The lowest BCUT2D eigenvalue weighted by Crippen LogP contribution is -2.44. The van der Waals surface area contributed by atoms with E-state index in [4.69, 9.17) is 16.3 Å². The maximum absolute atomic E-state index is 12.3. The van der Waals surface area contributed by atoms with Gasteiger partial charge in [0.2, 0.25) is 0 Å². The smallest absolute Gasteiger partial charge is 0.328 e. The summed E-state index contributed by atoms with van der Waals surface area (Å²) in [5.74, 6) is -1.82. The van der Waals surface area contributed by atoms with Gasteiger partial charge in [0.15, 0.2) is 6.04 Å². The van der Waals surface area contributed by atoms with Crippen LogP contribution in [0, 0.1) is 0 Å². The van der Waals surface area contributed by atoms with E-state index >= 15 is 0 Å². The molecule has 1 aromatic carbocycles. The summed E-state index contributed by atoms with van der Waals surface area (Å²) in [6.45, 7) is 4.35. The highest BCUT2D eigenvalue weighted by Gasteiger charge is 2.25. The fraction of sp³-hybridized carbons (Fsp3) is 0.312. The van der Waals surface area contributed by atoms with E-state index in [-0.39, 0.29) is 24.8 Å². The number of hydrogen-bond donors (Lipinski definition) is 3. The second kappa shape index (κ2) is 8.50. The average Bonchev–Trinajstić information content (AvgIpc) is 3.00. The number of urea groups is 1. The van der Waals surface area contributed by atoms with Gasteiger partial charge in [0.25, 0.3) is 5.91 Å². The summed E-state index contributed by atoms with van der Waals surface area (Å²) in [6.07, 6.45) is 1.48. The Labute approximate surface area is 149 Å². The molecule has 1 unspecified atom stereocenters. The number of carboxylic acid groups (broad SMARTS) is 1. The second-order valence-electron chi connectivity index (χ2n) is 5.24. The maximum atomic E-state index is 12.3. The normalized spacial score (nSPS) is 14.8. The summed E-state index contributed by atoms with van der Waals surface area (Å²) in [4.78, 5) is 36.8. The fourth-order valence-electron chi connectivity index (χ4n) is 2.25. The van der Waals surface area contributed by atoms with Gasteiger partial charge in [0.05, 0.1) is 23.9 Å². The van der Waals surface area contributed by atoms with E-state index in [1.807, 2.05) is 0 Å². The van der Waals surface area contributed by atoms with Crippen molar-refractivity contribution in [1.29, 1.82) is 0 Å². The quantitative estimate of drug-likeness (QED) is 0.473. The Bertz CT molecular complexity index is 694. The maximum Gasteiger partial charge on any atom is 0.328 e. The van der Waals surface area contributed by atoms with Crippen molar-refractivity contribution < 1.29 is 24.2 Å². The van der Waals surface area contributed by atoms with E-state index in [9.17, 15) is 19.5 Å². The van der Waals surface area contributed by atoms with E-state index in [1.54, 1.807) is 0 Å². The van der Waals surface area contributed by atoms with Gasteiger partial charge in [-0.2, -0.15) is 0 Å². The van der Waals surface area contributed by atoms with Gasteiger partial charge in [-0.25, -0.2) is 9.59 Å². The molecule has 2 rings (SSSR count). The zero-order valence-corrected chi connectivity index (χ0v) is 14.1. The lowest BCUT2D eigenvalue weighted by atomic mass is 10.1. The summed E-state index contributed by atoms with van der Waals surface area (Å²) >= 11 is 6.11. The molecule has 1 fully saturated rings. The third kappa shape index (κ3) is 4.71. The minimum Gasteiger partial charge on any atom is -0.480 e. The number of carbonyl (C=O) groups is 3. The highest BCUT2D eigenvalue weighted by Crippen LogP contribution is 2.28. The molecule has 0 bridgehead atoms. The number of halogens is 1. The van der Waals surface area contributed by atoms with E-state index in [1.165, 1.54) is 29.2 Å². The summed E-state index contributed by atoms with van der Waals surface area (Å²) in [5, 5.41) is 14.5. The summed E-state index contributed by atoms with van der Waals surface area (Å²) in [7, 11) is 0. The van der Waals surface area contributed by atoms with Crippen LogP contribution in [0.25, 0.3) is 0 Å². The lowest BCUT2D eigenvalue weighted by Gasteiger charge is -2.18. The molecule has 8 nitrogen and oxygen atoms in total. The molecule has 25 heavy (non-hydrogen) atoms. The van der Waals surface area contributed by atoms with Crippen LogP contribution in [0.4, 0.5) is 10.5 Å². The molecule has 1 aliphatic rings. The van der Waals surface area contributed by atoms with Crippen molar-refractivity contribution >= 4 is 35.2 Å². The third-order valence-electron chi connectivity index (χ3n) is 3.48. The van der Waals surface area contributed by atoms with E-state index in [0.29, 0.717) is 23.8 Å². The first-order valence-electron chi connectivity index (χ1n) is 7.51. The number of rotatable bonds is 8. The molecule has 1 atom stereocenters. The zero-order valence-electron chi connectivity index (χ0n) is 13.3. The molecular weight excluding hydrogens is 350 g/mol. The van der Waals surface area contributed by atoms with Gasteiger partial charge in [-0.3, -0.25) is 9.69 Å². The molecule has 0 spiro atoms. The molecule has 9 heteroatoms. The lowest BCUT2D eigenvalue weighted by molar-refractivity contribution is -0.140. The van der Waals surface area contributed by atoms with Crippen LogP contribution < -0.4 is 15.5 Å². The Morgan fingerprint density at radius 3 is 2.88 bits per heavy atom. The first-order valence-corrected chi connectivity index (χ1v) is 7.89. The molecule has 134 valence electrons. The van der Waals surface area contributed by atoms with Crippen LogP contribution in [-0.4, -0.2) is 55.4 Å². The molecule has 0 aromatic heterocycles. The van der Waals surface area contributed by atoms with Crippen molar-refractivity contribution in [3.8, 4) is 0 Å². The molecule has 1 saturated heterocycles. The number of carbonyl (C=O) groups excluding carboxylic acids is 2. The van der Waals surface area contributed by atoms with Gasteiger partial charge in [-0.15, -0.1) is 6.58 Å². The summed E-state index contributed by atoms with van der Waals surface area (Å²) in [5.41, 5.74) is 0.577. The van der Waals surface area contributed by atoms with Crippen LogP contribution in [0.1, 0.15) is 10.4 Å². The highest BCUT2D eigenvalue weighted by molar-refractivity contribution is 6.34. The van der Waals surface area contributed by atoms with Crippen LogP contribution in [0.5, 0.6) is 0 Å². The molecule has 3 N–H and O–H groups in total. The van der Waals surface area contributed by atoms with E-state index in [0.717, 1.165) is 0 Å².